The molecule has 0 saturated heterocycles. The van der Waals surface area contributed by atoms with Crippen LogP contribution < -0.4 is 5.32 Å². The highest BCUT2D eigenvalue weighted by Gasteiger charge is 2.12. The van der Waals surface area contributed by atoms with E-state index < -0.39 is 0 Å². The molecule has 0 aliphatic rings. The van der Waals surface area contributed by atoms with Crippen molar-refractivity contribution in [3.63, 3.8) is 0 Å². The summed E-state index contributed by atoms with van der Waals surface area (Å²) in [6, 6.07) is 14.6. The molecule has 3 nitrogen and oxygen atoms in total. The Morgan fingerprint density at radius 2 is 1.89 bits per heavy atom. The van der Waals surface area contributed by atoms with Gasteiger partial charge in [0.15, 0.2) is 0 Å². The summed E-state index contributed by atoms with van der Waals surface area (Å²) < 4.78 is 0. The monoisotopic (exact) mass is 249 g/mol. The number of hydrogen-bond acceptors (Lipinski definition) is 3. The molecule has 2 heterocycles. The van der Waals surface area contributed by atoms with E-state index in [-0.39, 0.29) is 6.04 Å². The van der Waals surface area contributed by atoms with E-state index in [2.05, 4.69) is 45.6 Å². The van der Waals surface area contributed by atoms with Crippen molar-refractivity contribution in [1.29, 1.82) is 0 Å². The Balaban J connectivity index is 2.06. The Kier molecular flexibility index (Phi) is 3.21. The summed E-state index contributed by atoms with van der Waals surface area (Å²) in [5.41, 5.74) is 3.37. The van der Waals surface area contributed by atoms with E-state index in [4.69, 9.17) is 0 Å². The van der Waals surface area contributed by atoms with Crippen LogP contribution in [-0.2, 0) is 0 Å². The normalized spacial score (nSPS) is 12.5. The Morgan fingerprint density at radius 3 is 2.68 bits per heavy atom. The van der Waals surface area contributed by atoms with Crippen LogP contribution in [0, 0.1) is 0 Å². The van der Waals surface area contributed by atoms with Gasteiger partial charge in [0.2, 0.25) is 0 Å². The van der Waals surface area contributed by atoms with Gasteiger partial charge in [-0.3, -0.25) is 9.97 Å². The molecule has 0 aliphatic carbocycles. The highest BCUT2D eigenvalue weighted by molar-refractivity contribution is 5.79. The molecule has 0 saturated carbocycles. The summed E-state index contributed by atoms with van der Waals surface area (Å²) in [6.45, 7) is 0. The summed E-state index contributed by atoms with van der Waals surface area (Å²) in [5, 5.41) is 4.49. The summed E-state index contributed by atoms with van der Waals surface area (Å²) in [4.78, 5) is 8.59. The van der Waals surface area contributed by atoms with Gasteiger partial charge in [-0.1, -0.05) is 24.3 Å². The first-order valence-electron chi connectivity index (χ1n) is 6.30. The van der Waals surface area contributed by atoms with Crippen molar-refractivity contribution < 1.29 is 0 Å². The molecule has 3 aromatic rings. The lowest BCUT2D eigenvalue weighted by molar-refractivity contribution is 0.689. The minimum atomic E-state index is 0.139. The van der Waals surface area contributed by atoms with E-state index in [9.17, 15) is 0 Å². The third-order valence-electron chi connectivity index (χ3n) is 3.27. The number of fused-ring (bicyclic) bond motifs is 1. The van der Waals surface area contributed by atoms with Gasteiger partial charge in [0.25, 0.3) is 0 Å². The maximum absolute atomic E-state index is 4.41. The van der Waals surface area contributed by atoms with Crippen LogP contribution >= 0.6 is 0 Å². The summed E-state index contributed by atoms with van der Waals surface area (Å²) >= 11 is 0. The Labute approximate surface area is 112 Å². The molecule has 0 aliphatic heterocycles. The molecule has 19 heavy (non-hydrogen) atoms. The number of hydrogen-bond donors (Lipinski definition) is 1. The fourth-order valence-corrected chi connectivity index (χ4v) is 2.34. The molecule has 0 spiro atoms. The molecule has 1 atom stereocenters. The van der Waals surface area contributed by atoms with Crippen molar-refractivity contribution in [3.05, 3.63) is 72.2 Å². The first-order chi connectivity index (χ1) is 9.38. The van der Waals surface area contributed by atoms with Gasteiger partial charge in [0, 0.05) is 24.0 Å². The van der Waals surface area contributed by atoms with Crippen LogP contribution in [0.1, 0.15) is 17.2 Å². The lowest BCUT2D eigenvalue weighted by atomic mass is 9.99. The second-order valence-electron chi connectivity index (χ2n) is 4.46. The summed E-state index contributed by atoms with van der Waals surface area (Å²) in [6.07, 6.45) is 5.51. The van der Waals surface area contributed by atoms with E-state index in [0.29, 0.717) is 0 Å². The highest BCUT2D eigenvalue weighted by Crippen LogP contribution is 2.23. The molecule has 1 unspecified atom stereocenters. The minimum Gasteiger partial charge on any atom is -0.309 e. The van der Waals surface area contributed by atoms with Crippen LogP contribution in [0.25, 0.3) is 10.9 Å². The quantitative estimate of drug-likeness (QED) is 0.775. The number of nitrogens with zero attached hydrogens (tertiary/aromatic N) is 2. The maximum Gasteiger partial charge on any atom is 0.0705 e. The Morgan fingerprint density at radius 1 is 1.00 bits per heavy atom. The Hall–Kier alpha value is -2.26. The van der Waals surface area contributed by atoms with Crippen LogP contribution in [-0.4, -0.2) is 17.0 Å². The standard InChI is InChI=1S/C16H15N3/c1-17-16(14-5-2-8-18-11-14)13-7-6-12-4-3-9-19-15(12)10-13/h2-11,16-17H,1H3. The van der Waals surface area contributed by atoms with E-state index in [1.807, 2.05) is 31.6 Å². The molecule has 0 bridgehead atoms. The number of benzene rings is 1. The SMILES string of the molecule is CNC(c1cccnc1)c1ccc2cccnc2c1. The van der Waals surface area contributed by atoms with Crippen LogP contribution in [0.15, 0.2) is 61.1 Å². The van der Waals surface area contributed by atoms with Crippen LogP contribution in [0.3, 0.4) is 0 Å². The van der Waals surface area contributed by atoms with Crippen LogP contribution in [0.2, 0.25) is 0 Å². The molecule has 1 N–H and O–H groups in total. The predicted octanol–water partition coefficient (Wildman–Crippen LogP) is 2.94. The van der Waals surface area contributed by atoms with Gasteiger partial charge in [0.05, 0.1) is 11.6 Å². The van der Waals surface area contributed by atoms with Gasteiger partial charge in [0.1, 0.15) is 0 Å². The molecule has 94 valence electrons. The maximum atomic E-state index is 4.41. The topological polar surface area (TPSA) is 37.8 Å². The van der Waals surface area contributed by atoms with Gasteiger partial charge in [-0.25, -0.2) is 0 Å². The van der Waals surface area contributed by atoms with Gasteiger partial charge in [-0.05, 0) is 36.4 Å². The molecule has 3 rings (SSSR count). The van der Waals surface area contributed by atoms with Crippen LogP contribution in [0.5, 0.6) is 0 Å². The van der Waals surface area contributed by atoms with E-state index in [1.54, 1.807) is 6.20 Å². The molecule has 2 aromatic heterocycles. The third-order valence-corrected chi connectivity index (χ3v) is 3.27. The molecule has 0 radical (unpaired) electrons. The zero-order chi connectivity index (χ0) is 13.1. The van der Waals surface area contributed by atoms with Crippen molar-refractivity contribution in [2.24, 2.45) is 0 Å². The zero-order valence-electron chi connectivity index (χ0n) is 10.7. The van der Waals surface area contributed by atoms with Gasteiger partial charge in [-0.2, -0.15) is 0 Å². The van der Waals surface area contributed by atoms with Crippen molar-refractivity contribution in [1.82, 2.24) is 15.3 Å². The summed E-state index contributed by atoms with van der Waals surface area (Å²) in [5.74, 6) is 0. The van der Waals surface area contributed by atoms with Crippen LogP contribution in [0.4, 0.5) is 0 Å². The second-order valence-corrected chi connectivity index (χ2v) is 4.46. The fraction of sp³-hybridized carbons (Fsp3) is 0.125. The van der Waals surface area contributed by atoms with Crippen molar-refractivity contribution in [2.45, 2.75) is 6.04 Å². The average molecular weight is 249 g/mol. The van der Waals surface area contributed by atoms with Gasteiger partial charge in [-0.15, -0.1) is 0 Å². The van der Waals surface area contributed by atoms with Gasteiger partial charge < -0.3 is 5.32 Å². The number of nitrogens with one attached hydrogen (secondary N) is 1. The molecule has 0 amide bonds. The largest absolute Gasteiger partial charge is 0.309 e. The molecular weight excluding hydrogens is 234 g/mol. The zero-order valence-corrected chi connectivity index (χ0v) is 10.7. The van der Waals surface area contributed by atoms with Crippen molar-refractivity contribution >= 4 is 10.9 Å². The molecular formula is C16H15N3. The van der Waals surface area contributed by atoms with E-state index in [1.165, 1.54) is 5.56 Å². The molecule has 1 aromatic carbocycles. The van der Waals surface area contributed by atoms with E-state index >= 15 is 0 Å². The number of aromatic nitrogens is 2. The second kappa shape index (κ2) is 5.16. The lowest BCUT2D eigenvalue weighted by Gasteiger charge is -2.17. The smallest absolute Gasteiger partial charge is 0.0705 e. The minimum absolute atomic E-state index is 0.139. The van der Waals surface area contributed by atoms with Crippen molar-refractivity contribution in [2.75, 3.05) is 7.05 Å². The number of pyridine rings is 2. The lowest BCUT2D eigenvalue weighted by Crippen LogP contribution is -2.17. The first kappa shape index (κ1) is 11.8. The fourth-order valence-electron chi connectivity index (χ4n) is 2.34. The first-order valence-corrected chi connectivity index (χ1v) is 6.30. The molecule has 0 fully saturated rings. The molecule has 3 heteroatoms. The van der Waals surface area contributed by atoms with Gasteiger partial charge >= 0.3 is 0 Å². The Bertz CT molecular complexity index is 680. The highest BCUT2D eigenvalue weighted by atomic mass is 14.9. The third kappa shape index (κ3) is 2.33. The van der Waals surface area contributed by atoms with E-state index in [0.717, 1.165) is 16.5 Å². The average Bonchev–Trinajstić information content (AvgIpc) is 2.49. The summed E-state index contributed by atoms with van der Waals surface area (Å²) in [7, 11) is 1.96. The number of rotatable bonds is 3. The predicted molar refractivity (Wildman–Crippen MR) is 76.9 cm³/mol. The van der Waals surface area contributed by atoms with Crippen molar-refractivity contribution in [3.8, 4) is 0 Å².